The third-order valence-corrected chi connectivity index (χ3v) is 11.6. The second-order valence-corrected chi connectivity index (χ2v) is 16.3. The number of phosphoric acid groups is 2. The molecule has 1 saturated heterocycles. The van der Waals surface area contributed by atoms with E-state index in [1.165, 1.54) is 31.2 Å². The van der Waals surface area contributed by atoms with Gasteiger partial charge in [0.15, 0.2) is 11.8 Å². The largest absolute Gasteiger partial charge is 0.484 e. The van der Waals surface area contributed by atoms with Gasteiger partial charge in [-0.3, -0.25) is 32.3 Å². The number of aliphatic hydroxyl groups is 3. The molecule has 21 heteroatoms. The minimum absolute atomic E-state index is 0.227. The lowest BCUT2D eigenvalue weighted by atomic mass is 10.1. The Morgan fingerprint density at radius 2 is 1.53 bits per heavy atom. The van der Waals surface area contributed by atoms with E-state index in [0.29, 0.717) is 28.5 Å². The molecule has 57 heavy (non-hydrogen) atoms. The smallest absolute Gasteiger partial charge is 0.427 e. The van der Waals surface area contributed by atoms with E-state index in [0.717, 1.165) is 27.0 Å². The summed E-state index contributed by atoms with van der Waals surface area (Å²) >= 11 is 0. The van der Waals surface area contributed by atoms with Gasteiger partial charge < -0.3 is 34.2 Å². The molecule has 1 fully saturated rings. The molecule has 3 heterocycles. The highest BCUT2D eigenvalue weighted by Gasteiger charge is 2.46. The molecule has 5 aromatic rings. The zero-order valence-electron chi connectivity index (χ0n) is 30.4. The molecule has 0 bridgehead atoms. The van der Waals surface area contributed by atoms with Gasteiger partial charge in [0.1, 0.15) is 29.8 Å². The van der Waals surface area contributed by atoms with Gasteiger partial charge in [-0.15, -0.1) is 0 Å². The minimum atomic E-state index is -5.37. The zero-order valence-corrected chi connectivity index (χ0v) is 32.2. The maximum absolute atomic E-state index is 13.9. The van der Waals surface area contributed by atoms with Crippen LogP contribution in [-0.4, -0.2) is 71.5 Å². The molecular weight excluding hydrogens is 792 g/mol. The second kappa shape index (κ2) is 17.9. The van der Waals surface area contributed by atoms with Crippen LogP contribution < -0.4 is 16.0 Å². The number of esters is 1. The molecule has 3 unspecified atom stereocenters. The number of ether oxygens (including phenoxy) is 2. The maximum Gasteiger partial charge on any atom is 0.484 e. The number of phosphoric ester groups is 2. The number of rotatable bonds is 17. The van der Waals surface area contributed by atoms with Crippen LogP contribution >= 0.6 is 15.6 Å². The Bertz CT molecular complexity index is 2400. The third-order valence-electron chi connectivity index (χ3n) is 8.59. The molecule has 19 nitrogen and oxygen atoms in total. The lowest BCUT2D eigenvalue weighted by molar-refractivity contribution is -0.131. The van der Waals surface area contributed by atoms with E-state index in [1.807, 2.05) is 0 Å². The summed E-state index contributed by atoms with van der Waals surface area (Å²) in [6.07, 6.45) is -5.84. The van der Waals surface area contributed by atoms with E-state index in [1.54, 1.807) is 55.5 Å². The molecule has 7 atom stereocenters. The molecule has 1 aliphatic rings. The summed E-state index contributed by atoms with van der Waals surface area (Å²) in [5, 5.41) is 35.8. The number of carbonyl (C=O) groups is 1. The van der Waals surface area contributed by atoms with Crippen molar-refractivity contribution in [2.24, 2.45) is 0 Å². The fraction of sp³-hybridized carbons (Fsp3) is 0.333. The second-order valence-electron chi connectivity index (χ2n) is 13.0. The Balaban J connectivity index is 1.14. The van der Waals surface area contributed by atoms with Crippen LogP contribution in [0.25, 0.3) is 11.0 Å². The van der Waals surface area contributed by atoms with Gasteiger partial charge in [0.2, 0.25) is 0 Å². The topological polar surface area (TPSA) is 258 Å². The van der Waals surface area contributed by atoms with Crippen molar-refractivity contribution in [1.29, 1.82) is 0 Å². The summed E-state index contributed by atoms with van der Waals surface area (Å²) in [7, 11) is -10.3. The van der Waals surface area contributed by atoms with Gasteiger partial charge in [-0.2, -0.15) is 4.31 Å². The van der Waals surface area contributed by atoms with Gasteiger partial charge in [-0.05, 0) is 54.3 Å². The van der Waals surface area contributed by atoms with Gasteiger partial charge >= 0.3 is 27.3 Å². The molecule has 0 spiro atoms. The molecule has 0 saturated carbocycles. The predicted molar refractivity (Wildman–Crippen MR) is 198 cm³/mol. The Hall–Kier alpha value is -4.62. The van der Waals surface area contributed by atoms with Crippen LogP contribution in [0.5, 0.6) is 5.75 Å². The highest BCUT2D eigenvalue weighted by atomic mass is 31.3. The quantitative estimate of drug-likeness (QED) is 0.0595. The van der Waals surface area contributed by atoms with Crippen molar-refractivity contribution in [3.05, 3.63) is 128 Å². The number of aromatic nitrogens is 3. The molecular formula is C36H39N3O16P2. The Morgan fingerprint density at radius 3 is 2.18 bits per heavy atom. The first-order valence-electron chi connectivity index (χ1n) is 17.4. The van der Waals surface area contributed by atoms with Gasteiger partial charge in [0.05, 0.1) is 32.5 Å². The minimum Gasteiger partial charge on any atom is -0.427 e. The molecule has 0 radical (unpaired) electrons. The lowest BCUT2D eigenvalue weighted by Crippen LogP contribution is -2.43. The molecule has 2 aromatic heterocycles. The van der Waals surface area contributed by atoms with Crippen molar-refractivity contribution in [3.8, 4) is 5.75 Å². The van der Waals surface area contributed by atoms with E-state index < -0.39 is 83.3 Å². The van der Waals surface area contributed by atoms with Crippen molar-refractivity contribution in [1.82, 2.24) is 14.3 Å². The third kappa shape index (κ3) is 10.7. The molecule has 6 rings (SSSR count). The fourth-order valence-corrected chi connectivity index (χ4v) is 8.41. The summed E-state index contributed by atoms with van der Waals surface area (Å²) < 4.78 is 65.6. The highest BCUT2D eigenvalue weighted by molar-refractivity contribution is 7.61. The number of aliphatic hydroxyl groups excluding tert-OH is 3. The molecule has 4 N–H and O–H groups in total. The standard InChI is InChI=1S/C36H39N3O16P2/c1-22(40)17-24-7-9-25(10-8-24)19-50-57(48,51-20-26-11-13-27(14-12-26)52-23(2)41)55-56(46,47)49-21-31-33(43)34(44)35(53-31)38-16-15-32(42)39(36(38)45)18-29-28-5-3-4-6-30(28)54-37-29/h3-16,22,31,33-35,40,43-44H,17-21H2,1-2H3,(H,46,47)/t22?,31-,33+,34+,35-,57?/m1/s1. The summed E-state index contributed by atoms with van der Waals surface area (Å²) in [4.78, 5) is 48.2. The van der Waals surface area contributed by atoms with Crippen molar-refractivity contribution in [2.75, 3.05) is 6.61 Å². The van der Waals surface area contributed by atoms with Gasteiger partial charge in [0.25, 0.3) is 5.56 Å². The Kier molecular flexibility index (Phi) is 13.2. The van der Waals surface area contributed by atoms with Crippen LogP contribution in [0.1, 0.15) is 42.5 Å². The molecule has 3 aromatic carbocycles. The average Bonchev–Trinajstić information content (AvgIpc) is 3.70. The van der Waals surface area contributed by atoms with E-state index in [2.05, 4.69) is 5.16 Å². The van der Waals surface area contributed by atoms with E-state index in [4.69, 9.17) is 31.9 Å². The number of fused-ring (bicyclic) bond motifs is 1. The number of benzene rings is 3. The summed E-state index contributed by atoms with van der Waals surface area (Å²) in [6.45, 7) is 0.757. The first-order valence-corrected chi connectivity index (χ1v) is 20.3. The van der Waals surface area contributed by atoms with Gasteiger partial charge in [-0.1, -0.05) is 53.7 Å². The number of nitrogens with zero attached hydrogens (tertiary/aromatic N) is 3. The Morgan fingerprint density at radius 1 is 0.895 bits per heavy atom. The molecule has 0 aliphatic carbocycles. The van der Waals surface area contributed by atoms with Crippen LogP contribution in [0, 0.1) is 0 Å². The molecule has 304 valence electrons. The van der Waals surface area contributed by atoms with E-state index in [-0.39, 0.29) is 18.0 Å². The SMILES string of the molecule is CC(=O)Oc1ccc(COP(=O)(OCc2ccc(CC(C)O)cc2)OP(=O)(O)OC[C@H]2O[C@@H](n3ccc(=O)n(Cc4noc5ccccc45)c3=O)[C@@H](O)[C@H]2O)cc1. The number of carbonyl (C=O) groups excluding carboxylic acids is 1. The van der Waals surface area contributed by atoms with Crippen LogP contribution in [0.15, 0.2) is 99.2 Å². The number of para-hydroxylation sites is 1. The lowest BCUT2D eigenvalue weighted by Gasteiger charge is -2.22. The average molecular weight is 832 g/mol. The predicted octanol–water partition coefficient (Wildman–Crippen LogP) is 3.34. The maximum atomic E-state index is 13.9. The molecule has 0 amide bonds. The van der Waals surface area contributed by atoms with Crippen molar-refractivity contribution < 1.29 is 66.0 Å². The van der Waals surface area contributed by atoms with E-state index in [9.17, 15) is 43.7 Å². The zero-order chi connectivity index (χ0) is 40.9. The fourth-order valence-electron chi connectivity index (χ4n) is 5.81. The summed E-state index contributed by atoms with van der Waals surface area (Å²) in [5.41, 5.74) is 0.748. The van der Waals surface area contributed by atoms with Crippen LogP contribution in [-0.2, 0) is 62.7 Å². The molecule has 1 aliphatic heterocycles. The van der Waals surface area contributed by atoms with Crippen LogP contribution in [0.3, 0.4) is 0 Å². The van der Waals surface area contributed by atoms with Gasteiger partial charge in [-0.25, -0.2) is 13.9 Å². The summed E-state index contributed by atoms with van der Waals surface area (Å²) in [6, 6.07) is 20.4. The first-order chi connectivity index (χ1) is 27.1. The summed E-state index contributed by atoms with van der Waals surface area (Å²) in [5.74, 6) is -0.318. The van der Waals surface area contributed by atoms with Gasteiger partial charge in [0, 0.05) is 24.6 Å². The van der Waals surface area contributed by atoms with Crippen molar-refractivity contribution in [2.45, 2.75) is 70.7 Å². The first kappa shape index (κ1) is 42.0. The Labute approximate surface area is 323 Å². The highest BCUT2D eigenvalue weighted by Crippen LogP contribution is 2.64. The normalized spacial score (nSPS) is 20.9. The van der Waals surface area contributed by atoms with Crippen molar-refractivity contribution >= 4 is 32.6 Å². The van der Waals surface area contributed by atoms with Crippen molar-refractivity contribution in [3.63, 3.8) is 0 Å². The van der Waals surface area contributed by atoms with Crippen LogP contribution in [0.4, 0.5) is 0 Å². The monoisotopic (exact) mass is 831 g/mol. The number of hydrogen-bond acceptors (Lipinski definition) is 16. The number of hydrogen-bond donors (Lipinski definition) is 4. The van der Waals surface area contributed by atoms with Crippen LogP contribution in [0.2, 0.25) is 0 Å². The van der Waals surface area contributed by atoms with E-state index >= 15 is 0 Å².